The lowest BCUT2D eigenvalue weighted by atomic mass is 10.0. The molecule has 0 amide bonds. The van der Waals surface area contributed by atoms with Crippen molar-refractivity contribution in [3.05, 3.63) is 29.8 Å². The molecular weight excluding hydrogens is 216 g/mol. The number of nitrogens with one attached hydrogen (secondary N) is 1. The normalized spacial score (nSPS) is 17.9. The summed E-state index contributed by atoms with van der Waals surface area (Å²) in [6, 6.07) is 7.35. The minimum atomic E-state index is -0.298. The molecule has 1 aliphatic rings. The molecule has 2 N–H and O–H groups in total. The molecule has 0 saturated carbocycles. The summed E-state index contributed by atoms with van der Waals surface area (Å²) in [7, 11) is 0. The number of fused-ring (bicyclic) bond motifs is 1. The lowest BCUT2D eigenvalue weighted by Gasteiger charge is -2.23. The van der Waals surface area contributed by atoms with Crippen molar-refractivity contribution < 1.29 is 9.90 Å². The largest absolute Gasteiger partial charge is 0.396 e. The van der Waals surface area contributed by atoms with Crippen molar-refractivity contribution in [1.29, 1.82) is 0 Å². The van der Waals surface area contributed by atoms with Crippen molar-refractivity contribution >= 4 is 17.8 Å². The fourth-order valence-corrected chi connectivity index (χ4v) is 1.93. The number of carbonyl (C=O) groups excluding carboxylic acids is 1. The van der Waals surface area contributed by atoms with Crippen LogP contribution in [-0.2, 0) is 4.79 Å². The number of hydrogen-bond donors (Lipinski definition) is 2. The quantitative estimate of drug-likeness (QED) is 0.600. The Morgan fingerprint density at radius 1 is 1.35 bits per heavy atom. The fraction of sp³-hybridized carbons (Fsp3) is 0.385. The first kappa shape index (κ1) is 11.8. The smallest absolute Gasteiger partial charge is 0.146 e. The summed E-state index contributed by atoms with van der Waals surface area (Å²) in [5.41, 5.74) is 1.79. The first-order chi connectivity index (χ1) is 8.35. The first-order valence-corrected chi connectivity index (χ1v) is 5.84. The van der Waals surface area contributed by atoms with Crippen molar-refractivity contribution in [1.82, 2.24) is 5.32 Å². The number of aliphatic imine (C=N–C) groups is 1. The van der Waals surface area contributed by atoms with Crippen molar-refractivity contribution in [2.45, 2.75) is 25.3 Å². The number of amidine groups is 1. The molecule has 1 aliphatic heterocycles. The van der Waals surface area contributed by atoms with Crippen LogP contribution < -0.4 is 5.32 Å². The summed E-state index contributed by atoms with van der Waals surface area (Å²) >= 11 is 0. The molecule has 2 rings (SSSR count). The summed E-state index contributed by atoms with van der Waals surface area (Å²) in [6.45, 7) is 0.195. The van der Waals surface area contributed by atoms with Crippen molar-refractivity contribution in [2.75, 3.05) is 6.61 Å². The molecule has 0 aromatic heterocycles. The summed E-state index contributed by atoms with van der Waals surface area (Å²) in [4.78, 5) is 15.5. The van der Waals surface area contributed by atoms with Gasteiger partial charge in [0.15, 0.2) is 0 Å². The maximum atomic E-state index is 11.0. The molecule has 1 atom stereocenters. The minimum absolute atomic E-state index is 0.195. The van der Waals surface area contributed by atoms with Gasteiger partial charge in [-0.1, -0.05) is 18.2 Å². The molecule has 0 bridgehead atoms. The molecule has 4 nitrogen and oxygen atoms in total. The summed E-state index contributed by atoms with van der Waals surface area (Å²) < 4.78 is 0. The van der Waals surface area contributed by atoms with Crippen molar-refractivity contribution in [3.63, 3.8) is 0 Å². The van der Waals surface area contributed by atoms with E-state index >= 15 is 0 Å². The van der Waals surface area contributed by atoms with E-state index in [0.29, 0.717) is 0 Å². The zero-order chi connectivity index (χ0) is 12.1. The highest BCUT2D eigenvalue weighted by Crippen LogP contribution is 2.28. The predicted molar refractivity (Wildman–Crippen MR) is 66.4 cm³/mol. The van der Waals surface area contributed by atoms with E-state index in [2.05, 4.69) is 10.3 Å². The van der Waals surface area contributed by atoms with E-state index in [1.54, 1.807) is 0 Å². The summed E-state index contributed by atoms with van der Waals surface area (Å²) in [5, 5.41) is 11.9. The molecule has 0 radical (unpaired) electrons. The van der Waals surface area contributed by atoms with Gasteiger partial charge in [0.25, 0.3) is 0 Å². The van der Waals surface area contributed by atoms with E-state index in [-0.39, 0.29) is 12.6 Å². The van der Waals surface area contributed by atoms with E-state index in [4.69, 9.17) is 5.11 Å². The van der Waals surface area contributed by atoms with Crippen LogP contribution in [0.1, 0.15) is 30.9 Å². The minimum Gasteiger partial charge on any atom is -0.396 e. The highest BCUT2D eigenvalue weighted by Gasteiger charge is 2.20. The average Bonchev–Trinajstić information content (AvgIpc) is 2.38. The Bertz CT molecular complexity index is 429. The van der Waals surface area contributed by atoms with E-state index in [1.807, 2.05) is 24.3 Å². The highest BCUT2D eigenvalue weighted by molar-refractivity contribution is 5.90. The van der Waals surface area contributed by atoms with Crippen LogP contribution in [0.5, 0.6) is 0 Å². The Labute approximate surface area is 100 Å². The number of nitrogens with zero attached hydrogens (tertiary/aromatic N) is 1. The van der Waals surface area contributed by atoms with E-state index in [9.17, 15) is 4.79 Å². The Kier molecular flexibility index (Phi) is 3.88. The predicted octanol–water partition coefficient (Wildman–Crippen LogP) is 1.72. The number of hydrogen-bond acceptors (Lipinski definition) is 4. The standard InChI is InChI=1S/C13H16N2O2/c16-8-4-3-7-13-14-11-6-2-1-5-10(11)12(9-17)15-13/h1-2,5-6,9,12,16H,3-4,7-8H2,(H,14,15). The van der Waals surface area contributed by atoms with Gasteiger partial charge in [0.05, 0.1) is 5.69 Å². The van der Waals surface area contributed by atoms with Gasteiger partial charge in [-0.05, 0) is 18.9 Å². The number of aliphatic hydroxyl groups excluding tert-OH is 1. The lowest BCUT2D eigenvalue weighted by Crippen LogP contribution is -2.32. The number of aliphatic hydroxyl groups is 1. The van der Waals surface area contributed by atoms with Gasteiger partial charge < -0.3 is 15.2 Å². The molecule has 0 fully saturated rings. The van der Waals surface area contributed by atoms with E-state index in [0.717, 1.165) is 42.6 Å². The zero-order valence-electron chi connectivity index (χ0n) is 9.60. The molecule has 0 saturated heterocycles. The van der Waals surface area contributed by atoms with Crippen molar-refractivity contribution in [3.8, 4) is 0 Å². The summed E-state index contributed by atoms with van der Waals surface area (Å²) in [5.74, 6) is 0.828. The second kappa shape index (κ2) is 5.59. The van der Waals surface area contributed by atoms with Gasteiger partial charge >= 0.3 is 0 Å². The molecular formula is C13H16N2O2. The van der Waals surface area contributed by atoms with Crippen LogP contribution in [0, 0.1) is 0 Å². The number of rotatable bonds is 5. The van der Waals surface area contributed by atoms with Crippen LogP contribution in [0.4, 0.5) is 5.69 Å². The highest BCUT2D eigenvalue weighted by atomic mass is 16.2. The van der Waals surface area contributed by atoms with Crippen LogP contribution in [-0.4, -0.2) is 23.8 Å². The number of aldehydes is 1. The number of carbonyl (C=O) groups is 1. The zero-order valence-corrected chi connectivity index (χ0v) is 9.60. The molecule has 1 heterocycles. The van der Waals surface area contributed by atoms with Gasteiger partial charge in [-0.2, -0.15) is 0 Å². The van der Waals surface area contributed by atoms with Gasteiger partial charge in [0, 0.05) is 18.6 Å². The third kappa shape index (κ3) is 2.71. The number of unbranched alkanes of at least 4 members (excludes halogenated alkanes) is 1. The number of para-hydroxylation sites is 1. The second-order valence-electron chi connectivity index (χ2n) is 4.06. The van der Waals surface area contributed by atoms with Gasteiger partial charge in [0.2, 0.25) is 0 Å². The molecule has 1 aromatic rings. The monoisotopic (exact) mass is 232 g/mol. The van der Waals surface area contributed by atoms with Crippen LogP contribution in [0.25, 0.3) is 0 Å². The fourth-order valence-electron chi connectivity index (χ4n) is 1.93. The van der Waals surface area contributed by atoms with E-state index in [1.165, 1.54) is 0 Å². The van der Waals surface area contributed by atoms with Gasteiger partial charge in [-0.25, -0.2) is 4.99 Å². The topological polar surface area (TPSA) is 61.7 Å². The van der Waals surface area contributed by atoms with Crippen LogP contribution >= 0.6 is 0 Å². The van der Waals surface area contributed by atoms with Gasteiger partial charge in [-0.3, -0.25) is 0 Å². The molecule has 90 valence electrons. The summed E-state index contributed by atoms with van der Waals surface area (Å²) in [6.07, 6.45) is 3.29. The molecule has 1 unspecified atom stereocenters. The Balaban J connectivity index is 2.16. The molecule has 1 aromatic carbocycles. The number of benzene rings is 1. The third-order valence-electron chi connectivity index (χ3n) is 2.81. The molecule has 17 heavy (non-hydrogen) atoms. The third-order valence-corrected chi connectivity index (χ3v) is 2.81. The molecule has 0 spiro atoms. The molecule has 0 aliphatic carbocycles. The van der Waals surface area contributed by atoms with Crippen LogP contribution in [0.15, 0.2) is 29.3 Å². The Hall–Kier alpha value is -1.68. The SMILES string of the molecule is O=CC1NC(CCCCO)=Nc2ccccc21. The van der Waals surface area contributed by atoms with Crippen LogP contribution in [0.2, 0.25) is 0 Å². The molecule has 4 heteroatoms. The van der Waals surface area contributed by atoms with E-state index < -0.39 is 0 Å². The van der Waals surface area contributed by atoms with Crippen LogP contribution in [0.3, 0.4) is 0 Å². The van der Waals surface area contributed by atoms with Crippen molar-refractivity contribution in [2.24, 2.45) is 4.99 Å². The average molecular weight is 232 g/mol. The van der Waals surface area contributed by atoms with Gasteiger partial charge in [-0.15, -0.1) is 0 Å². The second-order valence-corrected chi connectivity index (χ2v) is 4.06. The van der Waals surface area contributed by atoms with Gasteiger partial charge in [0.1, 0.15) is 18.2 Å². The Morgan fingerprint density at radius 3 is 2.94 bits per heavy atom. The maximum Gasteiger partial charge on any atom is 0.146 e. The Morgan fingerprint density at radius 2 is 2.18 bits per heavy atom. The first-order valence-electron chi connectivity index (χ1n) is 5.84. The lowest BCUT2D eigenvalue weighted by molar-refractivity contribution is -0.109. The maximum absolute atomic E-state index is 11.0.